The summed E-state index contributed by atoms with van der Waals surface area (Å²) in [4.78, 5) is 0. The lowest BCUT2D eigenvalue weighted by molar-refractivity contribution is 0.198. The van der Waals surface area contributed by atoms with E-state index < -0.39 is 7.12 Å². The van der Waals surface area contributed by atoms with Gasteiger partial charge in [0.2, 0.25) is 0 Å². The SMILES string of the molecule is Cl.NCC1OB(O)c2cc3c(cc21)CCO3. The summed E-state index contributed by atoms with van der Waals surface area (Å²) in [5, 5.41) is 9.68. The van der Waals surface area contributed by atoms with Crippen LogP contribution in [0.3, 0.4) is 0 Å². The molecule has 1 aromatic rings. The molecule has 2 aliphatic rings. The molecule has 3 N–H and O–H groups in total. The third-order valence-corrected chi connectivity index (χ3v) is 3.02. The van der Waals surface area contributed by atoms with Crippen LogP contribution < -0.4 is 15.9 Å². The van der Waals surface area contributed by atoms with Crippen molar-refractivity contribution in [3.8, 4) is 5.75 Å². The Morgan fingerprint density at radius 3 is 3.06 bits per heavy atom. The van der Waals surface area contributed by atoms with Crippen molar-refractivity contribution in [2.75, 3.05) is 13.2 Å². The van der Waals surface area contributed by atoms with Crippen molar-refractivity contribution in [1.29, 1.82) is 0 Å². The number of ether oxygens (including phenoxy) is 1. The lowest BCUT2D eigenvalue weighted by Crippen LogP contribution is -2.28. The summed E-state index contributed by atoms with van der Waals surface area (Å²) >= 11 is 0. The van der Waals surface area contributed by atoms with Gasteiger partial charge in [0, 0.05) is 13.0 Å². The van der Waals surface area contributed by atoms with E-state index in [1.54, 1.807) is 0 Å². The van der Waals surface area contributed by atoms with E-state index in [-0.39, 0.29) is 18.5 Å². The fraction of sp³-hybridized carbons (Fsp3) is 0.400. The first-order valence-electron chi connectivity index (χ1n) is 5.12. The Labute approximate surface area is 100 Å². The molecule has 0 aliphatic carbocycles. The highest BCUT2D eigenvalue weighted by Gasteiger charge is 2.36. The Balaban J connectivity index is 0.000000963. The molecule has 2 heterocycles. The monoisotopic (exact) mass is 241 g/mol. The summed E-state index contributed by atoms with van der Waals surface area (Å²) in [7, 11) is -0.858. The van der Waals surface area contributed by atoms with E-state index in [1.165, 1.54) is 5.56 Å². The average molecular weight is 241 g/mol. The van der Waals surface area contributed by atoms with E-state index in [2.05, 4.69) is 0 Å². The molecule has 0 bridgehead atoms. The first-order valence-corrected chi connectivity index (χ1v) is 5.12. The fourth-order valence-electron chi connectivity index (χ4n) is 2.24. The first kappa shape index (κ1) is 11.7. The van der Waals surface area contributed by atoms with Gasteiger partial charge in [-0.25, -0.2) is 0 Å². The average Bonchev–Trinajstić information content (AvgIpc) is 2.81. The topological polar surface area (TPSA) is 64.7 Å². The van der Waals surface area contributed by atoms with E-state index in [1.807, 2.05) is 12.1 Å². The van der Waals surface area contributed by atoms with Gasteiger partial charge in [-0.1, -0.05) is 0 Å². The normalized spacial score (nSPS) is 21.1. The number of hydrogen-bond acceptors (Lipinski definition) is 4. The van der Waals surface area contributed by atoms with E-state index in [0.717, 1.165) is 29.8 Å². The third kappa shape index (κ3) is 1.60. The molecule has 16 heavy (non-hydrogen) atoms. The zero-order valence-electron chi connectivity index (χ0n) is 8.68. The summed E-state index contributed by atoms with van der Waals surface area (Å²) in [6.07, 6.45) is 0.747. The molecule has 86 valence electrons. The maximum Gasteiger partial charge on any atom is 0.492 e. The maximum atomic E-state index is 9.68. The van der Waals surface area contributed by atoms with Gasteiger partial charge in [0.05, 0.1) is 12.7 Å². The van der Waals surface area contributed by atoms with Crippen LogP contribution in [0, 0.1) is 0 Å². The molecule has 0 aromatic heterocycles. The van der Waals surface area contributed by atoms with Crippen LogP contribution in [0.2, 0.25) is 0 Å². The molecule has 2 aliphatic heterocycles. The lowest BCUT2D eigenvalue weighted by Gasteiger charge is -2.09. The Kier molecular flexibility index (Phi) is 3.12. The van der Waals surface area contributed by atoms with Crippen molar-refractivity contribution in [2.24, 2.45) is 5.73 Å². The molecule has 1 atom stereocenters. The highest BCUT2D eigenvalue weighted by molar-refractivity contribution is 6.61. The third-order valence-electron chi connectivity index (χ3n) is 3.02. The van der Waals surface area contributed by atoms with Crippen LogP contribution in [0.15, 0.2) is 12.1 Å². The molecule has 4 nitrogen and oxygen atoms in total. The summed E-state index contributed by atoms with van der Waals surface area (Å²) in [5.74, 6) is 0.870. The Morgan fingerprint density at radius 1 is 1.50 bits per heavy atom. The Bertz CT molecular complexity index is 415. The first-order chi connectivity index (χ1) is 7.29. The second-order valence-corrected chi connectivity index (χ2v) is 3.90. The number of halogens is 1. The minimum atomic E-state index is -0.858. The maximum absolute atomic E-state index is 9.68. The van der Waals surface area contributed by atoms with Crippen LogP contribution in [0.1, 0.15) is 17.2 Å². The number of hydrogen-bond donors (Lipinski definition) is 2. The van der Waals surface area contributed by atoms with Gasteiger partial charge in [0.1, 0.15) is 5.75 Å². The van der Waals surface area contributed by atoms with Crippen LogP contribution in [0.25, 0.3) is 0 Å². The molecule has 0 radical (unpaired) electrons. The fourth-order valence-corrected chi connectivity index (χ4v) is 2.24. The van der Waals surface area contributed by atoms with Gasteiger partial charge in [-0.2, -0.15) is 0 Å². The Morgan fingerprint density at radius 2 is 2.31 bits per heavy atom. The number of fused-ring (bicyclic) bond motifs is 2. The summed E-state index contributed by atoms with van der Waals surface area (Å²) < 4.78 is 10.8. The molecular formula is C10H13BClNO3. The molecule has 0 spiro atoms. The minimum absolute atomic E-state index is 0. The molecule has 0 saturated carbocycles. The highest BCUT2D eigenvalue weighted by Crippen LogP contribution is 2.31. The van der Waals surface area contributed by atoms with Gasteiger partial charge in [-0.15, -0.1) is 12.4 Å². The van der Waals surface area contributed by atoms with E-state index in [0.29, 0.717) is 6.54 Å². The minimum Gasteiger partial charge on any atom is -0.493 e. The predicted octanol–water partition coefficient (Wildman–Crippen LogP) is -0.239. The number of nitrogens with two attached hydrogens (primary N) is 1. The zero-order chi connectivity index (χ0) is 10.4. The summed E-state index contributed by atoms with van der Waals surface area (Å²) in [6.45, 7) is 1.12. The van der Waals surface area contributed by atoms with Gasteiger partial charge < -0.3 is 20.1 Å². The van der Waals surface area contributed by atoms with Crippen LogP contribution >= 0.6 is 12.4 Å². The van der Waals surface area contributed by atoms with Gasteiger partial charge in [-0.3, -0.25) is 0 Å². The number of rotatable bonds is 1. The van der Waals surface area contributed by atoms with Crippen LogP contribution in [-0.2, 0) is 11.1 Å². The second-order valence-electron chi connectivity index (χ2n) is 3.90. The molecule has 0 amide bonds. The zero-order valence-corrected chi connectivity index (χ0v) is 9.50. The van der Waals surface area contributed by atoms with Crippen molar-refractivity contribution >= 4 is 25.0 Å². The molecule has 0 saturated heterocycles. The summed E-state index contributed by atoms with van der Waals surface area (Å²) in [5.41, 5.74) is 8.58. The van der Waals surface area contributed by atoms with Gasteiger partial charge >= 0.3 is 7.12 Å². The predicted molar refractivity (Wildman–Crippen MR) is 63.4 cm³/mol. The molecule has 0 fully saturated rings. The standard InChI is InChI=1S/C10H12BNO3.ClH/c12-5-10-7-3-6-1-2-14-9(6)4-8(7)11(13)15-10;/h3-4,10,13H,1-2,5,12H2;1H. The van der Waals surface area contributed by atoms with Crippen molar-refractivity contribution < 1.29 is 14.4 Å². The highest BCUT2D eigenvalue weighted by atomic mass is 35.5. The van der Waals surface area contributed by atoms with Crippen molar-refractivity contribution in [3.63, 3.8) is 0 Å². The lowest BCUT2D eigenvalue weighted by atomic mass is 9.78. The van der Waals surface area contributed by atoms with Crippen molar-refractivity contribution in [3.05, 3.63) is 23.3 Å². The van der Waals surface area contributed by atoms with Crippen LogP contribution in [0.5, 0.6) is 5.75 Å². The van der Waals surface area contributed by atoms with Crippen molar-refractivity contribution in [2.45, 2.75) is 12.5 Å². The number of benzene rings is 1. The van der Waals surface area contributed by atoms with Crippen LogP contribution in [0.4, 0.5) is 0 Å². The van der Waals surface area contributed by atoms with Gasteiger partial charge in [0.25, 0.3) is 0 Å². The van der Waals surface area contributed by atoms with Gasteiger partial charge in [-0.05, 0) is 28.7 Å². The van der Waals surface area contributed by atoms with Crippen molar-refractivity contribution in [1.82, 2.24) is 0 Å². The van der Waals surface area contributed by atoms with E-state index in [9.17, 15) is 5.02 Å². The second kappa shape index (κ2) is 4.26. The van der Waals surface area contributed by atoms with E-state index >= 15 is 0 Å². The molecule has 1 aromatic carbocycles. The largest absolute Gasteiger partial charge is 0.493 e. The quantitative estimate of drug-likeness (QED) is 0.666. The molecule has 3 rings (SSSR count). The molecule has 6 heteroatoms. The van der Waals surface area contributed by atoms with E-state index in [4.69, 9.17) is 15.1 Å². The van der Waals surface area contributed by atoms with Gasteiger partial charge in [0.15, 0.2) is 0 Å². The Hall–Kier alpha value is -0.745. The molecular weight excluding hydrogens is 228 g/mol. The summed E-state index contributed by atoms with van der Waals surface area (Å²) in [6, 6.07) is 3.92. The molecule has 1 unspecified atom stereocenters. The smallest absolute Gasteiger partial charge is 0.492 e. The van der Waals surface area contributed by atoms with Crippen LogP contribution in [-0.4, -0.2) is 25.3 Å².